The third kappa shape index (κ3) is 5.49. The molecule has 0 aliphatic rings. The van der Waals surface area contributed by atoms with Crippen molar-refractivity contribution in [3.63, 3.8) is 0 Å². The quantitative estimate of drug-likeness (QED) is 0.794. The highest BCUT2D eigenvalue weighted by molar-refractivity contribution is 7.13. The minimum absolute atomic E-state index is 0.00425. The van der Waals surface area contributed by atoms with Crippen LogP contribution >= 0.6 is 11.3 Å². The summed E-state index contributed by atoms with van der Waals surface area (Å²) in [6.07, 6.45) is 4.24. The lowest BCUT2D eigenvalue weighted by molar-refractivity contribution is -0.122. The normalized spacial score (nSPS) is 10.8. The van der Waals surface area contributed by atoms with Gasteiger partial charge in [-0.05, 0) is 18.7 Å². The van der Waals surface area contributed by atoms with Gasteiger partial charge in [0, 0.05) is 37.3 Å². The van der Waals surface area contributed by atoms with Crippen molar-refractivity contribution in [2.75, 3.05) is 25.9 Å². The van der Waals surface area contributed by atoms with Gasteiger partial charge < -0.3 is 11.1 Å². The molecule has 2 heterocycles. The molecule has 0 unspecified atom stereocenters. The van der Waals surface area contributed by atoms with Gasteiger partial charge in [-0.15, -0.1) is 11.3 Å². The van der Waals surface area contributed by atoms with Gasteiger partial charge >= 0.3 is 0 Å². The number of nitrogens with two attached hydrogens (primary N) is 1. The van der Waals surface area contributed by atoms with E-state index in [-0.39, 0.29) is 5.91 Å². The Morgan fingerprint density at radius 2 is 2.38 bits per heavy atom. The lowest BCUT2D eigenvalue weighted by Gasteiger charge is -2.15. The molecule has 2 aromatic heterocycles. The number of amides is 1. The maximum Gasteiger partial charge on any atom is 0.234 e. The van der Waals surface area contributed by atoms with Gasteiger partial charge in [0.15, 0.2) is 5.13 Å². The predicted octanol–water partition coefficient (Wildman–Crippen LogP) is 0.911. The maximum atomic E-state index is 11.8. The van der Waals surface area contributed by atoms with E-state index >= 15 is 0 Å². The summed E-state index contributed by atoms with van der Waals surface area (Å²) >= 11 is 1.41. The SMILES string of the molecule is CN(CC(=O)NCCc1csc(N)n1)Cc1cccnc1. The molecule has 21 heavy (non-hydrogen) atoms. The molecule has 1 amide bonds. The summed E-state index contributed by atoms with van der Waals surface area (Å²) in [5.74, 6) is 0.00425. The van der Waals surface area contributed by atoms with Crippen molar-refractivity contribution in [2.24, 2.45) is 0 Å². The average molecular weight is 305 g/mol. The number of nitrogens with one attached hydrogen (secondary N) is 1. The van der Waals surface area contributed by atoms with Crippen LogP contribution in [0.1, 0.15) is 11.3 Å². The number of rotatable bonds is 7. The Morgan fingerprint density at radius 3 is 3.05 bits per heavy atom. The number of anilines is 1. The van der Waals surface area contributed by atoms with Crippen molar-refractivity contribution in [2.45, 2.75) is 13.0 Å². The van der Waals surface area contributed by atoms with Crippen LogP contribution in [0.2, 0.25) is 0 Å². The van der Waals surface area contributed by atoms with Crippen LogP contribution in [0.25, 0.3) is 0 Å². The van der Waals surface area contributed by atoms with Crippen LogP contribution in [0, 0.1) is 0 Å². The fraction of sp³-hybridized carbons (Fsp3) is 0.357. The maximum absolute atomic E-state index is 11.8. The Balaban J connectivity index is 1.67. The monoisotopic (exact) mass is 305 g/mol. The summed E-state index contributed by atoms with van der Waals surface area (Å²) in [4.78, 5) is 22.0. The molecule has 0 saturated heterocycles. The molecule has 0 atom stereocenters. The van der Waals surface area contributed by atoms with E-state index in [2.05, 4.69) is 15.3 Å². The Kier molecular flexibility index (Phi) is 5.65. The Morgan fingerprint density at radius 1 is 1.52 bits per heavy atom. The van der Waals surface area contributed by atoms with Gasteiger partial charge in [-0.1, -0.05) is 6.07 Å². The zero-order chi connectivity index (χ0) is 15.1. The van der Waals surface area contributed by atoms with Crippen molar-refractivity contribution in [3.05, 3.63) is 41.2 Å². The number of nitrogens with zero attached hydrogens (tertiary/aromatic N) is 3. The van der Waals surface area contributed by atoms with E-state index in [1.807, 2.05) is 29.5 Å². The molecule has 0 saturated carbocycles. The zero-order valence-electron chi connectivity index (χ0n) is 12.0. The van der Waals surface area contributed by atoms with Crippen LogP contribution in [0.5, 0.6) is 0 Å². The number of carbonyl (C=O) groups is 1. The van der Waals surface area contributed by atoms with Crippen LogP contribution in [-0.4, -0.2) is 40.9 Å². The molecule has 0 aromatic carbocycles. The second kappa shape index (κ2) is 7.70. The first-order valence-electron chi connectivity index (χ1n) is 6.67. The van der Waals surface area contributed by atoms with E-state index in [0.29, 0.717) is 31.2 Å². The van der Waals surface area contributed by atoms with Crippen molar-refractivity contribution in [3.8, 4) is 0 Å². The highest BCUT2D eigenvalue weighted by atomic mass is 32.1. The van der Waals surface area contributed by atoms with E-state index < -0.39 is 0 Å². The van der Waals surface area contributed by atoms with Gasteiger partial charge in [0.2, 0.25) is 5.91 Å². The zero-order valence-corrected chi connectivity index (χ0v) is 12.8. The van der Waals surface area contributed by atoms with Crippen LogP contribution in [-0.2, 0) is 17.8 Å². The van der Waals surface area contributed by atoms with Gasteiger partial charge in [0.05, 0.1) is 12.2 Å². The van der Waals surface area contributed by atoms with Crippen molar-refractivity contribution < 1.29 is 4.79 Å². The fourth-order valence-corrected chi connectivity index (χ4v) is 2.53. The lowest BCUT2D eigenvalue weighted by atomic mass is 10.2. The average Bonchev–Trinajstić information content (AvgIpc) is 2.85. The standard InChI is InChI=1S/C14H19N5OS/c1-19(8-11-3-2-5-16-7-11)9-13(20)17-6-4-12-10-21-14(15)18-12/h2-3,5,7,10H,4,6,8-9H2,1H3,(H2,15,18)(H,17,20). The number of thiazole rings is 1. The van der Waals surface area contributed by atoms with E-state index in [0.717, 1.165) is 11.3 Å². The summed E-state index contributed by atoms with van der Waals surface area (Å²) in [5.41, 5.74) is 7.56. The topological polar surface area (TPSA) is 84.1 Å². The van der Waals surface area contributed by atoms with Crippen LogP contribution in [0.15, 0.2) is 29.9 Å². The number of pyridine rings is 1. The summed E-state index contributed by atoms with van der Waals surface area (Å²) in [6, 6.07) is 3.89. The molecule has 0 spiro atoms. The first-order valence-corrected chi connectivity index (χ1v) is 7.55. The van der Waals surface area contributed by atoms with Crippen molar-refractivity contribution in [1.29, 1.82) is 0 Å². The smallest absolute Gasteiger partial charge is 0.234 e. The Hall–Kier alpha value is -1.99. The number of carbonyl (C=O) groups excluding carboxylic acids is 1. The van der Waals surface area contributed by atoms with Crippen LogP contribution < -0.4 is 11.1 Å². The van der Waals surface area contributed by atoms with Crippen LogP contribution in [0.3, 0.4) is 0 Å². The van der Waals surface area contributed by atoms with Gasteiger partial charge in [0.1, 0.15) is 0 Å². The molecule has 0 radical (unpaired) electrons. The fourth-order valence-electron chi connectivity index (χ4n) is 1.93. The number of hydrogen-bond acceptors (Lipinski definition) is 6. The third-order valence-electron chi connectivity index (χ3n) is 2.86. The summed E-state index contributed by atoms with van der Waals surface area (Å²) in [7, 11) is 1.91. The number of nitrogen functional groups attached to an aromatic ring is 1. The Bertz CT molecular complexity index is 572. The highest BCUT2D eigenvalue weighted by Gasteiger charge is 2.07. The molecule has 0 aliphatic carbocycles. The molecule has 2 rings (SSSR count). The number of aromatic nitrogens is 2. The largest absolute Gasteiger partial charge is 0.375 e. The molecular weight excluding hydrogens is 286 g/mol. The molecule has 112 valence electrons. The molecule has 2 aromatic rings. The number of hydrogen-bond donors (Lipinski definition) is 2. The second-order valence-electron chi connectivity index (χ2n) is 4.81. The first-order chi connectivity index (χ1) is 10.1. The van der Waals surface area contributed by atoms with E-state index in [1.54, 1.807) is 12.4 Å². The molecule has 7 heteroatoms. The van der Waals surface area contributed by atoms with Gasteiger partial charge in [-0.3, -0.25) is 14.7 Å². The van der Waals surface area contributed by atoms with Crippen LogP contribution in [0.4, 0.5) is 5.13 Å². The first kappa shape index (κ1) is 15.4. The molecule has 0 aliphatic heterocycles. The summed E-state index contributed by atoms with van der Waals surface area (Å²) < 4.78 is 0. The van der Waals surface area contributed by atoms with Gasteiger partial charge in [-0.25, -0.2) is 4.98 Å². The summed E-state index contributed by atoms with van der Waals surface area (Å²) in [6.45, 7) is 1.63. The van der Waals surface area contributed by atoms with E-state index in [4.69, 9.17) is 5.73 Å². The van der Waals surface area contributed by atoms with Gasteiger partial charge in [-0.2, -0.15) is 0 Å². The molecule has 3 N–H and O–H groups in total. The van der Waals surface area contributed by atoms with Gasteiger partial charge in [0.25, 0.3) is 0 Å². The van der Waals surface area contributed by atoms with Crippen molar-refractivity contribution in [1.82, 2.24) is 20.2 Å². The van der Waals surface area contributed by atoms with Crippen molar-refractivity contribution >= 4 is 22.4 Å². The molecule has 0 fully saturated rings. The predicted molar refractivity (Wildman–Crippen MR) is 83.8 cm³/mol. The second-order valence-corrected chi connectivity index (χ2v) is 5.70. The van der Waals surface area contributed by atoms with E-state index in [9.17, 15) is 4.79 Å². The molecular formula is C14H19N5OS. The Labute approximate surface area is 128 Å². The minimum atomic E-state index is 0.00425. The van der Waals surface area contributed by atoms with E-state index in [1.165, 1.54) is 11.3 Å². The highest BCUT2D eigenvalue weighted by Crippen LogP contribution is 2.10. The lowest BCUT2D eigenvalue weighted by Crippen LogP contribution is -2.35. The minimum Gasteiger partial charge on any atom is -0.375 e. The number of likely N-dealkylation sites (N-methyl/N-ethyl adjacent to an activating group) is 1. The summed E-state index contributed by atoms with van der Waals surface area (Å²) in [5, 5.41) is 5.36. The molecule has 6 nitrogen and oxygen atoms in total. The third-order valence-corrected chi connectivity index (χ3v) is 3.58. The molecule has 0 bridgehead atoms.